The molecule has 1 heterocycles. The van der Waals surface area contributed by atoms with Crippen LogP contribution in [0.4, 0.5) is 0 Å². The third kappa shape index (κ3) is 2.35. The fourth-order valence-electron chi connectivity index (χ4n) is 2.44. The molecule has 0 aromatic carbocycles. The number of hydrogen-bond acceptors (Lipinski definition) is 4. The summed E-state index contributed by atoms with van der Waals surface area (Å²) in [5, 5.41) is 9.36. The van der Waals surface area contributed by atoms with Crippen molar-refractivity contribution in [2.75, 3.05) is 6.54 Å². The van der Waals surface area contributed by atoms with E-state index in [1.165, 1.54) is 6.33 Å². The van der Waals surface area contributed by atoms with Crippen LogP contribution in [0.15, 0.2) is 6.33 Å². The molecule has 0 atom stereocenters. The van der Waals surface area contributed by atoms with Crippen LogP contribution in [-0.4, -0.2) is 32.6 Å². The number of nitrogens with one attached hydrogen (secondary N) is 2. The Morgan fingerprint density at radius 2 is 2.44 bits per heavy atom. The molecule has 0 unspecified atom stereocenters. The molecule has 0 radical (unpaired) electrons. The minimum atomic E-state index is -0.629. The molecule has 98 valence electrons. The predicted octanol–water partition coefficient (Wildman–Crippen LogP) is 0.166. The van der Waals surface area contributed by atoms with Crippen molar-refractivity contribution < 1.29 is 4.79 Å². The lowest BCUT2D eigenvalue weighted by molar-refractivity contribution is -0.132. The van der Waals surface area contributed by atoms with Crippen LogP contribution in [-0.2, 0) is 11.2 Å². The first-order chi connectivity index (χ1) is 8.54. The molecule has 6 nitrogen and oxygen atoms in total. The SMILES string of the molecule is CC1CC(C(=O)NCCc2ncn[nH]2)(C(N)=S)C1. The molecule has 0 bridgehead atoms. The molecule has 7 heteroatoms. The highest BCUT2D eigenvalue weighted by molar-refractivity contribution is 7.80. The number of carbonyl (C=O) groups is 1. The van der Waals surface area contributed by atoms with E-state index in [0.717, 1.165) is 18.7 Å². The molecule has 1 fully saturated rings. The molecule has 1 amide bonds. The van der Waals surface area contributed by atoms with Gasteiger partial charge < -0.3 is 11.1 Å². The van der Waals surface area contributed by atoms with E-state index in [-0.39, 0.29) is 5.91 Å². The number of hydrogen-bond donors (Lipinski definition) is 3. The van der Waals surface area contributed by atoms with Crippen molar-refractivity contribution in [2.24, 2.45) is 17.1 Å². The molecule has 1 aromatic heterocycles. The Morgan fingerprint density at radius 1 is 1.72 bits per heavy atom. The summed E-state index contributed by atoms with van der Waals surface area (Å²) >= 11 is 5.03. The van der Waals surface area contributed by atoms with Crippen molar-refractivity contribution in [1.82, 2.24) is 20.5 Å². The lowest BCUT2D eigenvalue weighted by Crippen LogP contribution is -2.56. The lowest BCUT2D eigenvalue weighted by atomic mass is 9.62. The number of H-pyrrole nitrogens is 1. The van der Waals surface area contributed by atoms with Gasteiger partial charge in [0.25, 0.3) is 0 Å². The summed E-state index contributed by atoms with van der Waals surface area (Å²) in [6.07, 6.45) is 3.56. The van der Waals surface area contributed by atoms with E-state index >= 15 is 0 Å². The van der Waals surface area contributed by atoms with Crippen molar-refractivity contribution in [3.05, 3.63) is 12.2 Å². The summed E-state index contributed by atoms with van der Waals surface area (Å²) in [5.74, 6) is 1.20. The van der Waals surface area contributed by atoms with Gasteiger partial charge in [-0.15, -0.1) is 0 Å². The van der Waals surface area contributed by atoms with Crippen LogP contribution in [0.5, 0.6) is 0 Å². The first-order valence-electron chi connectivity index (χ1n) is 5.97. The molecular weight excluding hydrogens is 250 g/mol. The Labute approximate surface area is 111 Å². The monoisotopic (exact) mass is 267 g/mol. The minimum Gasteiger partial charge on any atom is -0.392 e. The molecule has 2 rings (SSSR count). The second-order valence-electron chi connectivity index (χ2n) is 4.90. The Morgan fingerprint density at radius 3 is 2.94 bits per heavy atom. The molecular formula is C11H17N5OS. The Kier molecular flexibility index (Phi) is 3.60. The first-order valence-corrected chi connectivity index (χ1v) is 6.38. The zero-order valence-electron chi connectivity index (χ0n) is 10.3. The van der Waals surface area contributed by atoms with Crippen LogP contribution in [0.2, 0.25) is 0 Å². The van der Waals surface area contributed by atoms with Crippen molar-refractivity contribution in [2.45, 2.75) is 26.2 Å². The highest BCUT2D eigenvalue weighted by Gasteiger charge is 2.50. The van der Waals surface area contributed by atoms with Gasteiger partial charge in [-0.05, 0) is 18.8 Å². The van der Waals surface area contributed by atoms with Gasteiger partial charge in [-0.2, -0.15) is 5.10 Å². The highest BCUT2D eigenvalue weighted by Crippen LogP contribution is 2.45. The number of aromatic amines is 1. The summed E-state index contributed by atoms with van der Waals surface area (Å²) in [5.41, 5.74) is 5.08. The van der Waals surface area contributed by atoms with Crippen LogP contribution in [0, 0.1) is 11.3 Å². The summed E-state index contributed by atoms with van der Waals surface area (Å²) in [6, 6.07) is 0. The van der Waals surface area contributed by atoms with Crippen LogP contribution < -0.4 is 11.1 Å². The van der Waals surface area contributed by atoms with Crippen molar-refractivity contribution >= 4 is 23.1 Å². The molecule has 1 aliphatic rings. The zero-order chi connectivity index (χ0) is 13.2. The lowest BCUT2D eigenvalue weighted by Gasteiger charge is -2.44. The number of rotatable bonds is 5. The highest BCUT2D eigenvalue weighted by atomic mass is 32.1. The van der Waals surface area contributed by atoms with Crippen molar-refractivity contribution in [1.29, 1.82) is 0 Å². The fourth-order valence-corrected chi connectivity index (χ4v) is 2.70. The second kappa shape index (κ2) is 5.01. The van der Waals surface area contributed by atoms with Crippen LogP contribution in [0.25, 0.3) is 0 Å². The smallest absolute Gasteiger partial charge is 0.233 e. The van der Waals surface area contributed by atoms with Gasteiger partial charge in [0.1, 0.15) is 12.2 Å². The molecule has 0 aliphatic heterocycles. The molecule has 0 saturated heterocycles. The predicted molar refractivity (Wildman–Crippen MR) is 70.7 cm³/mol. The van der Waals surface area contributed by atoms with Crippen LogP contribution in [0.1, 0.15) is 25.6 Å². The largest absolute Gasteiger partial charge is 0.392 e. The maximum atomic E-state index is 12.1. The molecule has 18 heavy (non-hydrogen) atoms. The number of amides is 1. The Bertz CT molecular complexity index is 438. The molecule has 1 aliphatic carbocycles. The number of thiocarbonyl (C=S) groups is 1. The number of aromatic nitrogens is 3. The molecule has 0 spiro atoms. The summed E-state index contributed by atoms with van der Waals surface area (Å²) in [6.45, 7) is 2.60. The minimum absolute atomic E-state index is 0.0624. The summed E-state index contributed by atoms with van der Waals surface area (Å²) < 4.78 is 0. The maximum absolute atomic E-state index is 12.1. The van der Waals surface area contributed by atoms with Gasteiger partial charge in [0.15, 0.2) is 0 Å². The van der Waals surface area contributed by atoms with E-state index < -0.39 is 5.41 Å². The zero-order valence-corrected chi connectivity index (χ0v) is 11.1. The third-order valence-electron chi connectivity index (χ3n) is 3.41. The van der Waals surface area contributed by atoms with Gasteiger partial charge in [0.05, 0.1) is 10.4 Å². The Hall–Kier alpha value is -1.50. The van der Waals surface area contributed by atoms with Crippen LogP contribution in [0.3, 0.4) is 0 Å². The van der Waals surface area contributed by atoms with Crippen LogP contribution >= 0.6 is 12.2 Å². The topological polar surface area (TPSA) is 96.7 Å². The van der Waals surface area contributed by atoms with Gasteiger partial charge in [0, 0.05) is 13.0 Å². The van der Waals surface area contributed by atoms with E-state index in [0.29, 0.717) is 23.9 Å². The van der Waals surface area contributed by atoms with E-state index in [4.69, 9.17) is 18.0 Å². The van der Waals surface area contributed by atoms with E-state index in [9.17, 15) is 4.79 Å². The standard InChI is InChI=1S/C11H17N5OS/c1-7-4-11(5-7,9(12)18)10(17)13-3-2-8-14-6-15-16-8/h6-7H,2-5H2,1H3,(H2,12,18)(H,13,17)(H,14,15,16). The van der Waals surface area contributed by atoms with Gasteiger partial charge in [-0.1, -0.05) is 19.1 Å². The number of nitrogens with zero attached hydrogens (tertiary/aromatic N) is 2. The van der Waals surface area contributed by atoms with Gasteiger partial charge in [0.2, 0.25) is 5.91 Å². The summed E-state index contributed by atoms with van der Waals surface area (Å²) in [4.78, 5) is 16.4. The Balaban J connectivity index is 1.85. The van der Waals surface area contributed by atoms with Gasteiger partial charge >= 0.3 is 0 Å². The maximum Gasteiger partial charge on any atom is 0.233 e. The van der Waals surface area contributed by atoms with E-state index in [1.807, 2.05) is 0 Å². The average Bonchev–Trinajstić information content (AvgIpc) is 2.76. The third-order valence-corrected chi connectivity index (χ3v) is 3.80. The van der Waals surface area contributed by atoms with Crippen molar-refractivity contribution in [3.8, 4) is 0 Å². The average molecular weight is 267 g/mol. The van der Waals surface area contributed by atoms with Crippen molar-refractivity contribution in [3.63, 3.8) is 0 Å². The summed E-state index contributed by atoms with van der Waals surface area (Å²) in [7, 11) is 0. The molecule has 4 N–H and O–H groups in total. The number of nitrogens with two attached hydrogens (primary N) is 1. The first kappa shape index (κ1) is 12.9. The molecule has 1 saturated carbocycles. The van der Waals surface area contributed by atoms with Gasteiger partial charge in [-0.3, -0.25) is 9.89 Å². The number of carbonyl (C=O) groups excluding carboxylic acids is 1. The normalized spacial score (nSPS) is 26.4. The quantitative estimate of drug-likeness (QED) is 0.661. The van der Waals surface area contributed by atoms with Gasteiger partial charge in [-0.25, -0.2) is 4.98 Å². The fraction of sp³-hybridized carbons (Fsp3) is 0.636. The molecule has 1 aromatic rings. The second-order valence-corrected chi connectivity index (χ2v) is 5.34. The van der Waals surface area contributed by atoms with E-state index in [2.05, 4.69) is 27.4 Å². The van der Waals surface area contributed by atoms with E-state index in [1.54, 1.807) is 0 Å².